The van der Waals surface area contributed by atoms with Crippen molar-refractivity contribution in [3.8, 4) is 0 Å². The van der Waals surface area contributed by atoms with Crippen molar-refractivity contribution in [2.45, 2.75) is 18.8 Å². The number of rotatable bonds is 7. The number of hydrogen-bond donors (Lipinski definition) is 1. The second kappa shape index (κ2) is 11.1. The molecule has 1 atom stereocenters. The van der Waals surface area contributed by atoms with E-state index < -0.39 is 52.3 Å². The van der Waals surface area contributed by atoms with Crippen molar-refractivity contribution in [3.63, 3.8) is 0 Å². The van der Waals surface area contributed by atoms with Gasteiger partial charge in [-0.2, -0.15) is 13.2 Å². The van der Waals surface area contributed by atoms with Crippen molar-refractivity contribution in [2.75, 3.05) is 23.4 Å². The lowest BCUT2D eigenvalue weighted by Gasteiger charge is -2.26. The molecule has 0 saturated carbocycles. The maximum absolute atomic E-state index is 15.4. The van der Waals surface area contributed by atoms with Crippen LogP contribution in [0.15, 0.2) is 59.3 Å². The number of pyridine rings is 1. The Bertz CT molecular complexity index is 1300. The molecule has 13 heteroatoms. The van der Waals surface area contributed by atoms with Crippen molar-refractivity contribution >= 4 is 50.7 Å². The lowest BCUT2D eigenvalue weighted by atomic mass is 9.96. The smallest absolute Gasteiger partial charge is 0.320 e. The van der Waals surface area contributed by atoms with Crippen LogP contribution in [0.4, 0.5) is 37.7 Å². The minimum atomic E-state index is -5.57. The molecule has 0 bridgehead atoms. The van der Waals surface area contributed by atoms with Gasteiger partial charge < -0.3 is 10.2 Å². The quantitative estimate of drug-likeness (QED) is 0.288. The second-order valence-corrected chi connectivity index (χ2v) is 8.89. The number of hydrogen-bond acceptors (Lipinski definition) is 3. The first kappa shape index (κ1) is 28.5. The van der Waals surface area contributed by atoms with Gasteiger partial charge in [0, 0.05) is 34.5 Å². The first-order valence-electron chi connectivity index (χ1n) is 10.5. The standard InChI is InChI=1S/C24H17BrClF6N3O2/c1-2-35(22(37)13-6-8-33-9-7-13)18-5-3-4-15(19(18)28)21(36)34-20-16(25)10-14(11-17(20)26)23(29,12-27)24(30,31)32/h3-11H,2,12H2,1H3,(H,34,36). The van der Waals surface area contributed by atoms with Gasteiger partial charge in [0.15, 0.2) is 5.82 Å². The van der Waals surface area contributed by atoms with Gasteiger partial charge in [-0.05, 0) is 59.3 Å². The molecule has 0 spiro atoms. The summed E-state index contributed by atoms with van der Waals surface area (Å²) in [7, 11) is 0. The highest BCUT2D eigenvalue weighted by Crippen LogP contribution is 2.46. The SMILES string of the molecule is CCN(C(=O)c1ccncc1)c1cccc(C(=O)Nc2c(Cl)cc(C(F)(CF)C(F)(F)F)cc2Br)c1F. The number of amides is 2. The van der Waals surface area contributed by atoms with Crippen LogP contribution in [0.1, 0.15) is 33.2 Å². The molecule has 0 radical (unpaired) electrons. The molecular formula is C24H17BrClF6N3O2. The highest BCUT2D eigenvalue weighted by molar-refractivity contribution is 9.10. The molecule has 0 fully saturated rings. The van der Waals surface area contributed by atoms with Crippen LogP contribution in [0, 0.1) is 5.82 Å². The summed E-state index contributed by atoms with van der Waals surface area (Å²) >= 11 is 8.87. The molecule has 1 aromatic heterocycles. The fourth-order valence-electron chi connectivity index (χ4n) is 3.40. The van der Waals surface area contributed by atoms with Crippen LogP contribution in [0.2, 0.25) is 5.02 Å². The van der Waals surface area contributed by atoms with E-state index in [2.05, 4.69) is 26.2 Å². The Morgan fingerprint density at radius 3 is 2.30 bits per heavy atom. The number of benzene rings is 2. The van der Waals surface area contributed by atoms with E-state index in [4.69, 9.17) is 11.6 Å². The third-order valence-electron chi connectivity index (χ3n) is 5.37. The fraction of sp³-hybridized carbons (Fsp3) is 0.208. The van der Waals surface area contributed by atoms with Crippen LogP contribution in [-0.4, -0.2) is 36.2 Å². The summed E-state index contributed by atoms with van der Waals surface area (Å²) in [6.07, 6.45) is -2.79. The highest BCUT2D eigenvalue weighted by Gasteiger charge is 2.58. The van der Waals surface area contributed by atoms with Gasteiger partial charge in [0.25, 0.3) is 17.5 Å². The van der Waals surface area contributed by atoms with Crippen LogP contribution < -0.4 is 10.2 Å². The van der Waals surface area contributed by atoms with Crippen LogP contribution in [0.3, 0.4) is 0 Å². The Balaban J connectivity index is 1.95. The third-order valence-corrected chi connectivity index (χ3v) is 6.30. The molecule has 2 aromatic carbocycles. The highest BCUT2D eigenvalue weighted by atomic mass is 79.9. The van der Waals surface area contributed by atoms with Gasteiger partial charge in [-0.25, -0.2) is 13.2 Å². The molecular weight excluding hydrogens is 592 g/mol. The summed E-state index contributed by atoms with van der Waals surface area (Å²) in [6, 6.07) is 7.77. The summed E-state index contributed by atoms with van der Waals surface area (Å²) in [4.78, 5) is 30.7. The molecule has 0 saturated heterocycles. The number of halogens is 8. The number of nitrogens with one attached hydrogen (secondary N) is 1. The van der Waals surface area contributed by atoms with Crippen LogP contribution in [0.5, 0.6) is 0 Å². The van der Waals surface area contributed by atoms with E-state index in [0.29, 0.717) is 12.1 Å². The van der Waals surface area contributed by atoms with Gasteiger partial charge in [-0.15, -0.1) is 0 Å². The van der Waals surface area contributed by atoms with E-state index in [-0.39, 0.29) is 28.0 Å². The fourth-order valence-corrected chi connectivity index (χ4v) is 4.34. The van der Waals surface area contributed by atoms with Gasteiger partial charge >= 0.3 is 6.18 Å². The van der Waals surface area contributed by atoms with Crippen molar-refractivity contribution < 1.29 is 35.9 Å². The summed E-state index contributed by atoms with van der Waals surface area (Å²) in [6.45, 7) is -0.733. The normalized spacial score (nSPS) is 13.1. The maximum atomic E-state index is 15.4. The molecule has 3 aromatic rings. The number of aromatic nitrogens is 1. The number of carbonyl (C=O) groups is 2. The molecule has 1 unspecified atom stereocenters. The largest absolute Gasteiger partial charge is 0.429 e. The summed E-state index contributed by atoms with van der Waals surface area (Å²) in [5, 5.41) is 1.69. The lowest BCUT2D eigenvalue weighted by molar-refractivity contribution is -0.240. The van der Waals surface area contributed by atoms with Gasteiger partial charge in [0.05, 0.1) is 22.0 Å². The lowest BCUT2D eigenvalue weighted by Crippen LogP contribution is -2.40. The predicted molar refractivity (Wildman–Crippen MR) is 130 cm³/mol. The average molecular weight is 609 g/mol. The van der Waals surface area contributed by atoms with Crippen molar-refractivity contribution in [3.05, 3.63) is 86.9 Å². The molecule has 196 valence electrons. The Labute approximate surface area is 220 Å². The molecule has 2 amide bonds. The van der Waals surface area contributed by atoms with Crippen LogP contribution in [0.25, 0.3) is 0 Å². The first-order valence-corrected chi connectivity index (χ1v) is 11.7. The minimum Gasteiger partial charge on any atom is -0.320 e. The third kappa shape index (κ3) is 5.59. The summed E-state index contributed by atoms with van der Waals surface area (Å²) in [5.41, 5.74) is -6.23. The molecule has 37 heavy (non-hydrogen) atoms. The Morgan fingerprint density at radius 2 is 1.76 bits per heavy atom. The zero-order chi connectivity index (χ0) is 27.5. The molecule has 5 nitrogen and oxygen atoms in total. The van der Waals surface area contributed by atoms with Gasteiger partial charge in [-0.1, -0.05) is 17.7 Å². The number of nitrogens with zero attached hydrogens (tertiary/aromatic N) is 2. The summed E-state index contributed by atoms with van der Waals surface area (Å²) in [5.74, 6) is -2.66. The zero-order valence-corrected chi connectivity index (χ0v) is 21.2. The van der Waals surface area contributed by atoms with Gasteiger partial charge in [0.2, 0.25) is 0 Å². The monoisotopic (exact) mass is 607 g/mol. The maximum Gasteiger partial charge on any atom is 0.429 e. The molecule has 1 N–H and O–H groups in total. The Morgan fingerprint density at radius 1 is 1.11 bits per heavy atom. The minimum absolute atomic E-state index is 0.0563. The van der Waals surface area contributed by atoms with Gasteiger partial charge in [0.1, 0.15) is 6.67 Å². The Hall–Kier alpha value is -3.12. The van der Waals surface area contributed by atoms with Crippen molar-refractivity contribution in [1.29, 1.82) is 0 Å². The predicted octanol–water partition coefficient (Wildman–Crippen LogP) is 7.25. The van der Waals surface area contributed by atoms with Crippen molar-refractivity contribution in [1.82, 2.24) is 4.98 Å². The zero-order valence-electron chi connectivity index (χ0n) is 18.8. The van der Waals surface area contributed by atoms with Gasteiger partial charge in [-0.3, -0.25) is 14.6 Å². The van der Waals surface area contributed by atoms with E-state index in [1.807, 2.05) is 0 Å². The van der Waals surface area contributed by atoms with Crippen LogP contribution in [-0.2, 0) is 5.67 Å². The summed E-state index contributed by atoms with van der Waals surface area (Å²) < 4.78 is 81.9. The number of carbonyl (C=O) groups excluding carboxylic acids is 2. The molecule has 0 aliphatic rings. The molecule has 0 aliphatic heterocycles. The number of anilines is 2. The second-order valence-electron chi connectivity index (χ2n) is 7.63. The number of alkyl halides is 5. The molecule has 1 heterocycles. The van der Waals surface area contributed by atoms with E-state index in [1.54, 1.807) is 6.92 Å². The van der Waals surface area contributed by atoms with Crippen molar-refractivity contribution in [2.24, 2.45) is 0 Å². The Kier molecular flexibility index (Phi) is 8.53. The van der Waals surface area contributed by atoms with E-state index >= 15 is 4.39 Å². The van der Waals surface area contributed by atoms with E-state index in [1.165, 1.54) is 36.7 Å². The molecule has 3 rings (SSSR count). The topological polar surface area (TPSA) is 62.3 Å². The van der Waals surface area contributed by atoms with E-state index in [9.17, 15) is 31.5 Å². The average Bonchev–Trinajstić information content (AvgIpc) is 2.86. The van der Waals surface area contributed by atoms with Crippen LogP contribution >= 0.6 is 27.5 Å². The first-order chi connectivity index (χ1) is 17.4. The molecule has 0 aliphatic carbocycles. The van der Waals surface area contributed by atoms with E-state index in [0.717, 1.165) is 11.0 Å².